The predicted octanol–water partition coefficient (Wildman–Crippen LogP) is 4.55. The van der Waals surface area contributed by atoms with Gasteiger partial charge in [-0.25, -0.2) is 4.98 Å². The summed E-state index contributed by atoms with van der Waals surface area (Å²) in [6.07, 6.45) is 4.45. The quantitative estimate of drug-likeness (QED) is 0.319. The number of fused-ring (bicyclic) bond motifs is 1. The smallest absolute Gasteiger partial charge is 0.259 e. The minimum absolute atomic E-state index is 0.0103. The number of nitrogens with one attached hydrogen (secondary N) is 2. The number of anilines is 1. The molecule has 0 aliphatic carbocycles. The molecule has 4 N–H and O–H groups in total. The molecule has 1 aromatic heterocycles. The van der Waals surface area contributed by atoms with Crippen LogP contribution in [0.5, 0.6) is 5.75 Å². The number of aromatic nitrogens is 2. The van der Waals surface area contributed by atoms with E-state index in [1.807, 2.05) is 42.9 Å². The highest BCUT2D eigenvalue weighted by Crippen LogP contribution is 2.36. The first kappa shape index (κ1) is 24.5. The molecule has 2 heterocycles. The molecule has 2 amide bonds. The molecule has 37 heavy (non-hydrogen) atoms. The Morgan fingerprint density at radius 2 is 1.92 bits per heavy atom. The summed E-state index contributed by atoms with van der Waals surface area (Å²) in [7, 11) is 0. The zero-order chi connectivity index (χ0) is 25.8. The van der Waals surface area contributed by atoms with E-state index in [0.717, 1.165) is 24.2 Å². The number of nitrogens with zero attached hydrogens (tertiary/aromatic N) is 2. The van der Waals surface area contributed by atoms with Gasteiger partial charge in [0.15, 0.2) is 0 Å². The average molecular weight is 516 g/mol. The highest BCUT2D eigenvalue weighted by molar-refractivity contribution is 6.31. The minimum Gasteiger partial charge on any atom is -0.492 e. The lowest BCUT2D eigenvalue weighted by Crippen LogP contribution is -2.29. The van der Waals surface area contributed by atoms with E-state index < -0.39 is 11.8 Å². The number of hydrogen-bond acceptors (Lipinski definition) is 5. The summed E-state index contributed by atoms with van der Waals surface area (Å²) in [5.74, 6) is -0.554. The molecule has 0 fully saturated rings. The molecule has 1 atom stereocenters. The third-order valence-electron chi connectivity index (χ3n) is 6.34. The minimum atomic E-state index is -0.658. The summed E-state index contributed by atoms with van der Waals surface area (Å²) in [4.78, 5) is 29.4. The number of benzene rings is 3. The molecule has 4 aromatic rings. The Labute approximate surface area is 219 Å². The fourth-order valence-corrected chi connectivity index (χ4v) is 4.66. The van der Waals surface area contributed by atoms with E-state index in [0.29, 0.717) is 29.5 Å². The lowest BCUT2D eigenvalue weighted by Gasteiger charge is -2.28. The number of primary amides is 1. The second kappa shape index (κ2) is 10.9. The number of hydrogen-bond donors (Lipinski definition) is 3. The van der Waals surface area contributed by atoms with E-state index in [1.165, 1.54) is 17.7 Å². The van der Waals surface area contributed by atoms with Crippen molar-refractivity contribution in [1.82, 2.24) is 14.9 Å². The summed E-state index contributed by atoms with van der Waals surface area (Å²) < 4.78 is 8.07. The van der Waals surface area contributed by atoms with Crippen LogP contribution in [0.3, 0.4) is 0 Å². The zero-order valence-corrected chi connectivity index (χ0v) is 20.7. The molecule has 1 aliphatic heterocycles. The molecule has 0 spiro atoms. The second-order valence-corrected chi connectivity index (χ2v) is 9.24. The number of ether oxygens (including phenoxy) is 1. The molecule has 8 nitrogen and oxygen atoms in total. The molecule has 0 saturated carbocycles. The van der Waals surface area contributed by atoms with Gasteiger partial charge in [0.1, 0.15) is 5.75 Å². The Balaban J connectivity index is 1.33. The van der Waals surface area contributed by atoms with E-state index in [2.05, 4.69) is 32.3 Å². The lowest BCUT2D eigenvalue weighted by atomic mass is 9.97. The molecule has 1 unspecified atom stereocenters. The molecule has 3 aromatic carbocycles. The van der Waals surface area contributed by atoms with Crippen molar-refractivity contribution in [3.8, 4) is 5.75 Å². The summed E-state index contributed by atoms with van der Waals surface area (Å²) >= 11 is 6.08. The summed E-state index contributed by atoms with van der Waals surface area (Å²) in [5.41, 5.74) is 9.42. The van der Waals surface area contributed by atoms with Gasteiger partial charge in [0.2, 0.25) is 0 Å². The summed E-state index contributed by atoms with van der Waals surface area (Å²) in [5, 5.41) is 6.74. The van der Waals surface area contributed by atoms with Crippen LogP contribution in [0, 0.1) is 0 Å². The number of amides is 2. The first-order chi connectivity index (χ1) is 18.0. The Kier molecular flexibility index (Phi) is 7.20. The van der Waals surface area contributed by atoms with Gasteiger partial charge in [0.25, 0.3) is 11.8 Å². The lowest BCUT2D eigenvalue weighted by molar-refractivity contribution is 0.100. The van der Waals surface area contributed by atoms with Gasteiger partial charge in [-0.1, -0.05) is 54.1 Å². The van der Waals surface area contributed by atoms with Crippen LogP contribution in [0.15, 0.2) is 79.3 Å². The van der Waals surface area contributed by atoms with Crippen LogP contribution in [-0.2, 0) is 13.1 Å². The fraction of sp³-hybridized carbons (Fsp3) is 0.179. The maximum Gasteiger partial charge on any atom is 0.259 e. The monoisotopic (exact) mass is 515 g/mol. The van der Waals surface area contributed by atoms with Crippen LogP contribution in [0.2, 0.25) is 5.02 Å². The summed E-state index contributed by atoms with van der Waals surface area (Å²) in [6.45, 7) is 1.81. The van der Waals surface area contributed by atoms with Gasteiger partial charge in [-0.2, -0.15) is 0 Å². The Morgan fingerprint density at radius 1 is 1.08 bits per heavy atom. The van der Waals surface area contributed by atoms with Crippen molar-refractivity contribution in [2.75, 3.05) is 11.9 Å². The first-order valence-electron chi connectivity index (χ1n) is 11.9. The molecule has 1 aliphatic rings. The molecule has 0 bridgehead atoms. The number of rotatable bonds is 8. The van der Waals surface area contributed by atoms with Crippen LogP contribution in [0.1, 0.15) is 50.0 Å². The highest BCUT2D eigenvalue weighted by atomic mass is 35.5. The number of halogens is 1. The van der Waals surface area contributed by atoms with E-state index in [9.17, 15) is 9.59 Å². The zero-order valence-electron chi connectivity index (χ0n) is 20.0. The number of nitrogens with two attached hydrogens (primary N) is 1. The maximum absolute atomic E-state index is 13.2. The fourth-order valence-electron chi connectivity index (χ4n) is 4.49. The molecule has 0 saturated heterocycles. The molecule has 5 rings (SSSR count). The molecule has 188 valence electrons. The number of carbonyl (C=O) groups excluding carboxylic acids is 2. The largest absolute Gasteiger partial charge is 0.492 e. The topological polar surface area (TPSA) is 111 Å². The highest BCUT2D eigenvalue weighted by Gasteiger charge is 2.26. The Bertz CT molecular complexity index is 1440. The molecule has 9 heteroatoms. The van der Waals surface area contributed by atoms with E-state index in [1.54, 1.807) is 12.1 Å². The van der Waals surface area contributed by atoms with Crippen molar-refractivity contribution in [2.24, 2.45) is 5.73 Å². The molecule has 0 radical (unpaired) electrons. The van der Waals surface area contributed by atoms with Crippen molar-refractivity contribution in [1.29, 1.82) is 0 Å². The van der Waals surface area contributed by atoms with Gasteiger partial charge in [-0.05, 0) is 29.8 Å². The van der Waals surface area contributed by atoms with Gasteiger partial charge in [-0.3, -0.25) is 9.59 Å². The third-order valence-corrected chi connectivity index (χ3v) is 6.57. The summed E-state index contributed by atoms with van der Waals surface area (Å²) in [6, 6.07) is 20.2. The van der Waals surface area contributed by atoms with E-state index in [4.69, 9.17) is 22.1 Å². The van der Waals surface area contributed by atoms with Crippen LogP contribution in [0.4, 0.5) is 5.69 Å². The van der Waals surface area contributed by atoms with Gasteiger partial charge in [0, 0.05) is 42.3 Å². The van der Waals surface area contributed by atoms with Crippen molar-refractivity contribution >= 4 is 29.1 Å². The SMILES string of the molecule is NC(=O)c1ccc(Cl)cc1NC(=O)c1cccc2c1OCCC2NCc1cncn1Cc1ccccc1. The van der Waals surface area contributed by atoms with Gasteiger partial charge in [-0.15, -0.1) is 0 Å². The van der Waals surface area contributed by atoms with Gasteiger partial charge in [0.05, 0.1) is 35.4 Å². The average Bonchev–Trinajstić information content (AvgIpc) is 3.34. The number of para-hydroxylation sites is 1. The molecular formula is C28H26ClN5O3. The van der Waals surface area contributed by atoms with Crippen LogP contribution < -0.4 is 21.1 Å². The standard InChI is InChI=1S/C28H26ClN5O3/c29-19-9-10-22(27(30)35)25(13-19)33-28(36)23-8-4-7-21-24(11-12-37-26(21)23)32-15-20-14-31-17-34(20)16-18-5-2-1-3-6-18/h1-10,13-14,17,24,32H,11-12,15-16H2,(H2,30,35)(H,33,36). The molecular weight excluding hydrogens is 490 g/mol. The van der Waals surface area contributed by atoms with Gasteiger partial charge >= 0.3 is 0 Å². The van der Waals surface area contributed by atoms with Crippen LogP contribution in [-0.4, -0.2) is 28.0 Å². The van der Waals surface area contributed by atoms with Crippen LogP contribution >= 0.6 is 11.6 Å². The third kappa shape index (κ3) is 5.50. The normalized spacial score (nSPS) is 14.5. The second-order valence-electron chi connectivity index (χ2n) is 8.80. The number of imidazole rings is 1. The van der Waals surface area contributed by atoms with Crippen molar-refractivity contribution in [3.05, 3.63) is 112 Å². The van der Waals surface area contributed by atoms with E-state index >= 15 is 0 Å². The van der Waals surface area contributed by atoms with Crippen LogP contribution in [0.25, 0.3) is 0 Å². The first-order valence-corrected chi connectivity index (χ1v) is 12.3. The predicted molar refractivity (Wildman–Crippen MR) is 142 cm³/mol. The van der Waals surface area contributed by atoms with Gasteiger partial charge < -0.3 is 25.7 Å². The van der Waals surface area contributed by atoms with Crippen molar-refractivity contribution in [2.45, 2.75) is 25.6 Å². The number of carbonyl (C=O) groups is 2. The maximum atomic E-state index is 13.2. The van der Waals surface area contributed by atoms with E-state index in [-0.39, 0.29) is 17.3 Å². The Morgan fingerprint density at radius 3 is 2.73 bits per heavy atom. The van der Waals surface area contributed by atoms with Crippen molar-refractivity contribution < 1.29 is 14.3 Å². The Hall–Kier alpha value is -4.14. The van der Waals surface area contributed by atoms with Crippen molar-refractivity contribution in [3.63, 3.8) is 0 Å².